The highest BCUT2D eigenvalue weighted by Crippen LogP contribution is 2.41. The highest BCUT2D eigenvalue weighted by atomic mass is 16.2. The summed E-state index contributed by atoms with van der Waals surface area (Å²) in [5, 5.41) is 12.4. The van der Waals surface area contributed by atoms with Crippen molar-refractivity contribution in [1.29, 1.82) is 5.26 Å². The Hall–Kier alpha value is -1.08. The van der Waals surface area contributed by atoms with Gasteiger partial charge in [-0.25, -0.2) is 0 Å². The summed E-state index contributed by atoms with van der Waals surface area (Å²) >= 11 is 0. The molecule has 0 aromatic carbocycles. The van der Waals surface area contributed by atoms with Crippen molar-refractivity contribution in [1.82, 2.24) is 10.2 Å². The molecule has 3 fully saturated rings. The molecule has 0 radical (unpaired) electrons. The fourth-order valence-electron chi connectivity index (χ4n) is 3.64. The minimum absolute atomic E-state index is 0.00586. The first-order chi connectivity index (χ1) is 8.75. The van der Waals surface area contributed by atoms with E-state index in [0.717, 1.165) is 32.2 Å². The van der Waals surface area contributed by atoms with Gasteiger partial charge in [-0.15, -0.1) is 0 Å². The van der Waals surface area contributed by atoms with Crippen LogP contribution in [-0.2, 0) is 4.79 Å². The minimum atomic E-state index is -0.692. The lowest BCUT2D eigenvalue weighted by molar-refractivity contribution is -0.132. The lowest BCUT2D eigenvalue weighted by Crippen LogP contribution is -2.52. The highest BCUT2D eigenvalue weighted by molar-refractivity contribution is 5.86. The Bertz CT molecular complexity index is 383. The normalized spacial score (nSPS) is 34.2. The van der Waals surface area contributed by atoms with E-state index < -0.39 is 5.41 Å². The van der Waals surface area contributed by atoms with Crippen molar-refractivity contribution in [3.63, 3.8) is 0 Å². The largest absolute Gasteiger partial charge is 0.350 e. The van der Waals surface area contributed by atoms with E-state index in [1.54, 1.807) is 0 Å². The van der Waals surface area contributed by atoms with Gasteiger partial charge in [-0.1, -0.05) is 6.42 Å². The number of rotatable bonds is 2. The molecule has 0 aromatic heterocycles. The maximum atomic E-state index is 12.3. The van der Waals surface area contributed by atoms with E-state index in [1.165, 1.54) is 25.8 Å². The van der Waals surface area contributed by atoms with E-state index in [9.17, 15) is 10.1 Å². The Kier molecular flexibility index (Phi) is 3.03. The van der Waals surface area contributed by atoms with E-state index in [1.807, 2.05) is 0 Å². The first-order valence-corrected chi connectivity index (χ1v) is 7.21. The Balaban J connectivity index is 1.63. The summed E-state index contributed by atoms with van der Waals surface area (Å²) in [7, 11) is 0. The molecule has 4 heteroatoms. The third kappa shape index (κ3) is 1.81. The lowest BCUT2D eigenvalue weighted by Gasteiger charge is -2.37. The molecule has 2 saturated heterocycles. The lowest BCUT2D eigenvalue weighted by atomic mass is 9.69. The first kappa shape index (κ1) is 12.0. The van der Waals surface area contributed by atoms with Crippen molar-refractivity contribution in [3.8, 4) is 6.07 Å². The van der Waals surface area contributed by atoms with Gasteiger partial charge in [0, 0.05) is 18.6 Å². The molecule has 0 spiro atoms. The van der Waals surface area contributed by atoms with Crippen LogP contribution >= 0.6 is 0 Å². The number of piperidine rings is 1. The van der Waals surface area contributed by atoms with Crippen LogP contribution in [0.3, 0.4) is 0 Å². The summed E-state index contributed by atoms with van der Waals surface area (Å²) < 4.78 is 0. The van der Waals surface area contributed by atoms with Gasteiger partial charge in [0.1, 0.15) is 5.41 Å². The number of hydrogen-bond donors (Lipinski definition) is 1. The van der Waals surface area contributed by atoms with E-state index in [4.69, 9.17) is 0 Å². The Morgan fingerprint density at radius 1 is 1.22 bits per heavy atom. The molecule has 1 aliphatic carbocycles. The molecule has 2 unspecified atom stereocenters. The van der Waals surface area contributed by atoms with Crippen LogP contribution in [0.15, 0.2) is 0 Å². The van der Waals surface area contributed by atoms with Crippen LogP contribution in [0.1, 0.15) is 44.9 Å². The van der Waals surface area contributed by atoms with Crippen molar-refractivity contribution in [2.45, 2.75) is 57.0 Å². The van der Waals surface area contributed by atoms with Crippen LogP contribution in [-0.4, -0.2) is 36.0 Å². The predicted octanol–water partition coefficient (Wildman–Crippen LogP) is 1.42. The first-order valence-electron chi connectivity index (χ1n) is 7.21. The Labute approximate surface area is 108 Å². The molecular weight excluding hydrogens is 226 g/mol. The number of nitriles is 1. The van der Waals surface area contributed by atoms with Crippen LogP contribution in [0.4, 0.5) is 0 Å². The summed E-state index contributed by atoms with van der Waals surface area (Å²) in [6.45, 7) is 2.29. The van der Waals surface area contributed by atoms with Crippen LogP contribution in [0, 0.1) is 16.7 Å². The second kappa shape index (κ2) is 4.55. The topological polar surface area (TPSA) is 56.1 Å². The molecule has 3 aliphatic rings. The molecule has 1 amide bonds. The number of amides is 1. The van der Waals surface area contributed by atoms with Gasteiger partial charge in [-0.3, -0.25) is 9.69 Å². The summed E-state index contributed by atoms with van der Waals surface area (Å²) in [6, 6.07) is 3.04. The number of carbonyl (C=O) groups is 1. The zero-order valence-corrected chi connectivity index (χ0v) is 10.8. The van der Waals surface area contributed by atoms with Crippen LogP contribution in [0.25, 0.3) is 0 Å². The average Bonchev–Trinajstić information content (AvgIpc) is 2.72. The maximum absolute atomic E-state index is 12.3. The number of fused-ring (bicyclic) bond motifs is 1. The van der Waals surface area contributed by atoms with Crippen LogP contribution in [0.5, 0.6) is 0 Å². The standard InChI is InChI=1S/C14H21N3O/c15-10-14(6-3-7-14)13(18)16-11-5-9-17-8-2-1-4-12(11)17/h11-12H,1-9H2,(H,16,18). The molecule has 2 heterocycles. The third-order valence-electron chi connectivity index (χ3n) is 5.03. The van der Waals surface area contributed by atoms with Gasteiger partial charge >= 0.3 is 0 Å². The smallest absolute Gasteiger partial charge is 0.240 e. The SMILES string of the molecule is N#CC1(C(=O)NC2CCN3CCCCC23)CCC1. The van der Waals surface area contributed by atoms with Crippen molar-refractivity contribution < 1.29 is 4.79 Å². The third-order valence-corrected chi connectivity index (χ3v) is 5.03. The molecular formula is C14H21N3O. The number of nitrogens with one attached hydrogen (secondary N) is 1. The van der Waals surface area contributed by atoms with Crippen molar-refractivity contribution in [2.24, 2.45) is 5.41 Å². The summed E-state index contributed by atoms with van der Waals surface area (Å²) in [5.74, 6) is -0.00586. The summed E-state index contributed by atoms with van der Waals surface area (Å²) in [6.07, 6.45) is 7.33. The molecule has 3 rings (SSSR count). The van der Waals surface area contributed by atoms with Crippen molar-refractivity contribution >= 4 is 5.91 Å². The van der Waals surface area contributed by atoms with Gasteiger partial charge < -0.3 is 5.32 Å². The van der Waals surface area contributed by atoms with E-state index >= 15 is 0 Å². The quantitative estimate of drug-likeness (QED) is 0.803. The molecule has 4 nitrogen and oxygen atoms in total. The fourth-order valence-corrected chi connectivity index (χ4v) is 3.64. The van der Waals surface area contributed by atoms with Crippen LogP contribution in [0.2, 0.25) is 0 Å². The highest BCUT2D eigenvalue weighted by Gasteiger charge is 2.46. The number of hydrogen-bond acceptors (Lipinski definition) is 3. The zero-order valence-electron chi connectivity index (χ0n) is 10.8. The maximum Gasteiger partial charge on any atom is 0.240 e. The molecule has 1 saturated carbocycles. The van der Waals surface area contributed by atoms with Gasteiger partial charge in [0.05, 0.1) is 6.07 Å². The fraction of sp³-hybridized carbons (Fsp3) is 0.857. The van der Waals surface area contributed by atoms with Gasteiger partial charge in [-0.2, -0.15) is 5.26 Å². The van der Waals surface area contributed by atoms with Gasteiger partial charge in [0.25, 0.3) is 0 Å². The molecule has 1 N–H and O–H groups in total. The second-order valence-electron chi connectivity index (χ2n) is 6.02. The van der Waals surface area contributed by atoms with Gasteiger partial charge in [0.2, 0.25) is 5.91 Å². The summed E-state index contributed by atoms with van der Waals surface area (Å²) in [5.41, 5.74) is -0.692. The van der Waals surface area contributed by atoms with E-state index in [2.05, 4.69) is 16.3 Å². The Morgan fingerprint density at radius 3 is 2.72 bits per heavy atom. The molecule has 2 atom stereocenters. The second-order valence-corrected chi connectivity index (χ2v) is 6.02. The minimum Gasteiger partial charge on any atom is -0.350 e. The Morgan fingerprint density at radius 2 is 2.06 bits per heavy atom. The number of carbonyl (C=O) groups excluding carboxylic acids is 1. The van der Waals surface area contributed by atoms with Gasteiger partial charge in [0.15, 0.2) is 0 Å². The summed E-state index contributed by atoms with van der Waals surface area (Å²) in [4.78, 5) is 14.8. The number of nitrogens with zero attached hydrogens (tertiary/aromatic N) is 2. The zero-order chi connectivity index (χ0) is 12.6. The molecule has 0 aromatic rings. The molecule has 2 aliphatic heterocycles. The molecule has 18 heavy (non-hydrogen) atoms. The van der Waals surface area contributed by atoms with Crippen molar-refractivity contribution in [2.75, 3.05) is 13.1 Å². The predicted molar refractivity (Wildman–Crippen MR) is 67.7 cm³/mol. The molecule has 98 valence electrons. The van der Waals surface area contributed by atoms with E-state index in [-0.39, 0.29) is 11.9 Å². The van der Waals surface area contributed by atoms with Crippen molar-refractivity contribution in [3.05, 3.63) is 0 Å². The van der Waals surface area contributed by atoms with E-state index in [0.29, 0.717) is 6.04 Å². The molecule has 0 bridgehead atoms. The monoisotopic (exact) mass is 247 g/mol. The van der Waals surface area contributed by atoms with Gasteiger partial charge in [-0.05, 0) is 45.1 Å². The average molecular weight is 247 g/mol. The van der Waals surface area contributed by atoms with Crippen LogP contribution < -0.4 is 5.32 Å².